The topological polar surface area (TPSA) is 46.2 Å². The third-order valence-electron chi connectivity index (χ3n) is 1.70. The second kappa shape index (κ2) is 7.90. The number of hydrogen-bond acceptors (Lipinski definition) is 5. The molecule has 0 spiro atoms. The van der Waals surface area contributed by atoms with Crippen LogP contribution in [-0.4, -0.2) is 54.0 Å². The van der Waals surface area contributed by atoms with E-state index in [9.17, 15) is 0 Å². The molecule has 0 rings (SSSR count). The van der Waals surface area contributed by atoms with Crippen LogP contribution in [0.2, 0.25) is 0 Å². The van der Waals surface area contributed by atoms with Crippen LogP contribution in [0.3, 0.4) is 0 Å². The fourth-order valence-corrected chi connectivity index (χ4v) is 12.5. The zero-order valence-electron chi connectivity index (χ0n) is 11.0. The summed E-state index contributed by atoms with van der Waals surface area (Å²) in [5, 5.41) is 0. The Morgan fingerprint density at radius 1 is 0.500 bits per heavy atom. The molecule has 0 unspecified atom stereocenters. The SMILES string of the molecule is CC[O][Bi]([O]CC)([O]CC)([O]CC)[O]CC. The van der Waals surface area contributed by atoms with Gasteiger partial charge in [-0.2, -0.15) is 0 Å². The van der Waals surface area contributed by atoms with E-state index in [1.165, 1.54) is 0 Å². The summed E-state index contributed by atoms with van der Waals surface area (Å²) >= 11 is -4.86. The molecular weight excluding hydrogens is 409 g/mol. The molecule has 5 nitrogen and oxygen atoms in total. The van der Waals surface area contributed by atoms with Crippen molar-refractivity contribution in [1.82, 2.24) is 0 Å². The van der Waals surface area contributed by atoms with E-state index >= 15 is 0 Å². The van der Waals surface area contributed by atoms with Crippen LogP contribution < -0.4 is 0 Å². The van der Waals surface area contributed by atoms with Gasteiger partial charge in [0.25, 0.3) is 0 Å². The summed E-state index contributed by atoms with van der Waals surface area (Å²) in [5.74, 6) is 0. The molecule has 100 valence electrons. The van der Waals surface area contributed by atoms with Crippen LogP contribution in [0.5, 0.6) is 0 Å². The molecule has 0 radical (unpaired) electrons. The maximum absolute atomic E-state index is 5.70. The summed E-state index contributed by atoms with van der Waals surface area (Å²) in [7, 11) is 0. The van der Waals surface area contributed by atoms with Crippen molar-refractivity contribution in [3.8, 4) is 0 Å². The van der Waals surface area contributed by atoms with Gasteiger partial charge in [-0.05, 0) is 0 Å². The Bertz CT molecular complexity index is 136. The third-order valence-corrected chi connectivity index (χ3v) is 14.9. The summed E-state index contributed by atoms with van der Waals surface area (Å²) in [6, 6.07) is 0. The van der Waals surface area contributed by atoms with Gasteiger partial charge in [0.05, 0.1) is 0 Å². The molecule has 0 atom stereocenters. The molecule has 0 aliphatic heterocycles. The van der Waals surface area contributed by atoms with Gasteiger partial charge in [0.15, 0.2) is 0 Å². The van der Waals surface area contributed by atoms with Gasteiger partial charge >= 0.3 is 103 Å². The molecule has 0 fully saturated rings. The molecule has 0 heterocycles. The van der Waals surface area contributed by atoms with Crippen molar-refractivity contribution in [3.05, 3.63) is 0 Å². The van der Waals surface area contributed by atoms with Gasteiger partial charge in [-0.3, -0.25) is 0 Å². The van der Waals surface area contributed by atoms with E-state index in [0.29, 0.717) is 33.0 Å². The van der Waals surface area contributed by atoms with E-state index < -0.39 is 21.0 Å². The van der Waals surface area contributed by atoms with E-state index in [1.807, 2.05) is 34.6 Å². The van der Waals surface area contributed by atoms with Crippen LogP contribution in [0.25, 0.3) is 0 Å². The van der Waals surface area contributed by atoms with E-state index in [1.54, 1.807) is 0 Å². The van der Waals surface area contributed by atoms with Gasteiger partial charge in [-0.1, -0.05) is 0 Å². The van der Waals surface area contributed by atoms with Crippen LogP contribution in [-0.2, 0) is 14.1 Å². The molecule has 0 saturated carbocycles. The Kier molecular flexibility index (Phi) is 8.24. The van der Waals surface area contributed by atoms with Crippen molar-refractivity contribution in [2.24, 2.45) is 0 Å². The van der Waals surface area contributed by atoms with Gasteiger partial charge in [-0.25, -0.2) is 0 Å². The van der Waals surface area contributed by atoms with Gasteiger partial charge in [0, 0.05) is 0 Å². The Labute approximate surface area is 103 Å². The predicted octanol–water partition coefficient (Wildman–Crippen LogP) is 2.06. The van der Waals surface area contributed by atoms with Gasteiger partial charge in [0.1, 0.15) is 0 Å². The molecule has 0 aromatic carbocycles. The van der Waals surface area contributed by atoms with Crippen molar-refractivity contribution in [2.75, 3.05) is 33.0 Å². The summed E-state index contributed by atoms with van der Waals surface area (Å²) in [6.45, 7) is 11.7. The van der Waals surface area contributed by atoms with Crippen molar-refractivity contribution < 1.29 is 14.1 Å². The van der Waals surface area contributed by atoms with Crippen molar-refractivity contribution in [3.63, 3.8) is 0 Å². The molecule has 0 bridgehead atoms. The van der Waals surface area contributed by atoms with Crippen molar-refractivity contribution >= 4 is 21.0 Å². The first-order chi connectivity index (χ1) is 7.62. The minimum absolute atomic E-state index is 0.452. The average molecular weight is 434 g/mol. The fourth-order valence-electron chi connectivity index (χ4n) is 1.43. The second-order valence-electron chi connectivity index (χ2n) is 2.83. The molecule has 16 heavy (non-hydrogen) atoms. The normalized spacial score (nSPS) is 14.7. The molecular formula is C10H25BiO5. The molecule has 0 aromatic rings. The maximum atomic E-state index is 5.70. The van der Waals surface area contributed by atoms with Crippen LogP contribution in [0, 0.1) is 0 Å². The van der Waals surface area contributed by atoms with Crippen molar-refractivity contribution in [1.29, 1.82) is 0 Å². The molecule has 0 aliphatic carbocycles. The Hall–Kier alpha value is 0.683. The molecule has 0 aromatic heterocycles. The predicted molar refractivity (Wildman–Crippen MR) is 63.9 cm³/mol. The van der Waals surface area contributed by atoms with Gasteiger partial charge in [0.2, 0.25) is 0 Å². The quantitative estimate of drug-likeness (QED) is 0.493. The van der Waals surface area contributed by atoms with E-state index in [4.69, 9.17) is 14.1 Å². The number of hydrogen-bond donors (Lipinski definition) is 0. The van der Waals surface area contributed by atoms with Crippen LogP contribution in [0.1, 0.15) is 34.6 Å². The Morgan fingerprint density at radius 2 is 0.688 bits per heavy atom. The first-order valence-corrected chi connectivity index (χ1v) is 13.0. The van der Waals surface area contributed by atoms with Crippen LogP contribution >= 0.6 is 0 Å². The summed E-state index contributed by atoms with van der Waals surface area (Å²) in [6.07, 6.45) is 0. The van der Waals surface area contributed by atoms with Crippen LogP contribution in [0.4, 0.5) is 0 Å². The first kappa shape index (κ1) is 16.7. The summed E-state index contributed by atoms with van der Waals surface area (Å²) in [5.41, 5.74) is 0. The molecule has 0 saturated heterocycles. The van der Waals surface area contributed by atoms with Gasteiger partial charge in [-0.15, -0.1) is 0 Å². The van der Waals surface area contributed by atoms with Crippen molar-refractivity contribution in [2.45, 2.75) is 34.6 Å². The first-order valence-electron chi connectivity index (χ1n) is 5.89. The number of rotatable bonds is 10. The van der Waals surface area contributed by atoms with E-state index in [-0.39, 0.29) is 0 Å². The molecule has 0 N–H and O–H groups in total. The fraction of sp³-hybridized carbons (Fsp3) is 1.00. The standard InChI is InChI=1S/5C2H5O.Bi/c5*1-2-3;/h5*2H2,1H3;/q5*-1;+5. The molecule has 0 amide bonds. The van der Waals surface area contributed by atoms with Gasteiger partial charge < -0.3 is 0 Å². The molecule has 6 heteroatoms. The third kappa shape index (κ3) is 4.17. The monoisotopic (exact) mass is 434 g/mol. The Morgan fingerprint density at radius 3 is 0.812 bits per heavy atom. The zero-order chi connectivity index (χ0) is 12.5. The summed E-state index contributed by atoms with van der Waals surface area (Å²) < 4.78 is 28.5. The van der Waals surface area contributed by atoms with E-state index in [2.05, 4.69) is 0 Å². The second-order valence-corrected chi connectivity index (χ2v) is 13.6. The minimum atomic E-state index is -4.86. The average Bonchev–Trinajstić information content (AvgIpc) is 2.19. The Balaban J connectivity index is 5.09. The molecule has 0 aliphatic rings. The van der Waals surface area contributed by atoms with E-state index in [0.717, 1.165) is 0 Å². The van der Waals surface area contributed by atoms with Crippen LogP contribution in [0.15, 0.2) is 0 Å². The zero-order valence-corrected chi connectivity index (χ0v) is 14.5. The summed E-state index contributed by atoms with van der Waals surface area (Å²) in [4.78, 5) is 0.